The molecule has 86 valence electrons. The number of rotatable bonds is 6. The highest BCUT2D eigenvalue weighted by atomic mass is 33.1. The van der Waals surface area contributed by atoms with Crippen molar-refractivity contribution in [3.63, 3.8) is 0 Å². The standard InChI is InChI=1S/C9H15NO3S2/c11-4-1-7-8(2-5-12)10-15-14-9(7)3-6-13/h11-13H,1-6H2. The van der Waals surface area contributed by atoms with Gasteiger partial charge in [0.05, 0.1) is 5.71 Å². The van der Waals surface area contributed by atoms with Crippen molar-refractivity contribution in [1.82, 2.24) is 0 Å². The van der Waals surface area contributed by atoms with Gasteiger partial charge in [0.15, 0.2) is 0 Å². The van der Waals surface area contributed by atoms with Crippen LogP contribution in [0.15, 0.2) is 14.9 Å². The molecule has 4 nitrogen and oxygen atoms in total. The molecule has 0 amide bonds. The van der Waals surface area contributed by atoms with Crippen molar-refractivity contribution in [2.24, 2.45) is 4.40 Å². The first kappa shape index (κ1) is 13.1. The average Bonchev–Trinajstić information content (AvgIpc) is 2.23. The molecule has 1 aliphatic rings. The van der Waals surface area contributed by atoms with Crippen LogP contribution in [0.2, 0.25) is 0 Å². The summed E-state index contributed by atoms with van der Waals surface area (Å²) in [6.07, 6.45) is 1.65. The fraction of sp³-hybridized carbons (Fsp3) is 0.667. The van der Waals surface area contributed by atoms with Crippen LogP contribution in [0.25, 0.3) is 0 Å². The molecule has 0 atom stereocenters. The zero-order chi connectivity index (χ0) is 11.1. The molecule has 0 saturated heterocycles. The monoisotopic (exact) mass is 249 g/mol. The van der Waals surface area contributed by atoms with Crippen LogP contribution in [-0.2, 0) is 0 Å². The lowest BCUT2D eigenvalue weighted by atomic mass is 10.0. The van der Waals surface area contributed by atoms with E-state index in [4.69, 9.17) is 15.3 Å². The van der Waals surface area contributed by atoms with Crippen molar-refractivity contribution in [1.29, 1.82) is 0 Å². The second kappa shape index (κ2) is 7.29. The molecule has 15 heavy (non-hydrogen) atoms. The first-order chi connectivity index (χ1) is 7.33. The summed E-state index contributed by atoms with van der Waals surface area (Å²) in [7, 11) is 2.89. The average molecular weight is 249 g/mol. The largest absolute Gasteiger partial charge is 0.396 e. The summed E-state index contributed by atoms with van der Waals surface area (Å²) in [5, 5.41) is 26.8. The first-order valence-electron chi connectivity index (χ1n) is 4.79. The number of nitrogens with zero attached hydrogens (tertiary/aromatic N) is 1. The van der Waals surface area contributed by atoms with E-state index < -0.39 is 0 Å². The molecule has 1 aliphatic heterocycles. The Morgan fingerprint density at radius 2 is 1.60 bits per heavy atom. The summed E-state index contributed by atoms with van der Waals surface area (Å²) in [4.78, 5) is 1.06. The quantitative estimate of drug-likeness (QED) is 0.486. The molecule has 0 aromatic heterocycles. The molecule has 0 aromatic rings. The van der Waals surface area contributed by atoms with Crippen molar-refractivity contribution in [3.05, 3.63) is 10.5 Å². The summed E-state index contributed by atoms with van der Waals surface area (Å²) < 4.78 is 4.24. The maximum atomic E-state index is 8.96. The fourth-order valence-corrected chi connectivity index (χ4v) is 3.48. The second-order valence-electron chi connectivity index (χ2n) is 3.02. The molecule has 0 unspecified atom stereocenters. The molecule has 0 bridgehead atoms. The molecule has 0 spiro atoms. The predicted molar refractivity (Wildman–Crippen MR) is 64.8 cm³/mol. The van der Waals surface area contributed by atoms with E-state index in [1.165, 1.54) is 21.8 Å². The van der Waals surface area contributed by atoms with Gasteiger partial charge in [0.25, 0.3) is 0 Å². The van der Waals surface area contributed by atoms with Crippen LogP contribution in [0.4, 0.5) is 0 Å². The Morgan fingerprint density at radius 1 is 0.933 bits per heavy atom. The highest BCUT2D eigenvalue weighted by Gasteiger charge is 2.17. The molecular weight excluding hydrogens is 234 g/mol. The van der Waals surface area contributed by atoms with Gasteiger partial charge in [0, 0.05) is 48.5 Å². The van der Waals surface area contributed by atoms with E-state index in [2.05, 4.69) is 4.40 Å². The molecular formula is C9H15NO3S2. The molecule has 1 heterocycles. The Balaban J connectivity index is 2.81. The predicted octanol–water partition coefficient (Wildman–Crippen LogP) is 1.14. The van der Waals surface area contributed by atoms with E-state index in [0.29, 0.717) is 19.3 Å². The van der Waals surface area contributed by atoms with E-state index in [0.717, 1.165) is 16.2 Å². The van der Waals surface area contributed by atoms with E-state index in [-0.39, 0.29) is 19.8 Å². The third-order valence-electron chi connectivity index (χ3n) is 2.02. The molecule has 0 radical (unpaired) electrons. The van der Waals surface area contributed by atoms with Crippen molar-refractivity contribution in [2.45, 2.75) is 19.3 Å². The SMILES string of the molecule is OCCC1=NSSC(CCO)=C1CCO. The van der Waals surface area contributed by atoms with Crippen molar-refractivity contribution < 1.29 is 15.3 Å². The summed E-state index contributed by atoms with van der Waals surface area (Å²) >= 11 is 0. The Bertz CT molecular complexity index is 266. The maximum absolute atomic E-state index is 8.96. The van der Waals surface area contributed by atoms with Gasteiger partial charge in [-0.2, -0.15) is 0 Å². The fourth-order valence-electron chi connectivity index (χ4n) is 1.37. The van der Waals surface area contributed by atoms with Crippen LogP contribution in [0.3, 0.4) is 0 Å². The topological polar surface area (TPSA) is 73.1 Å². The first-order valence-corrected chi connectivity index (χ1v) is 6.89. The van der Waals surface area contributed by atoms with E-state index in [9.17, 15) is 0 Å². The van der Waals surface area contributed by atoms with Crippen molar-refractivity contribution >= 4 is 27.5 Å². The summed E-state index contributed by atoms with van der Waals surface area (Å²) in [6, 6.07) is 0. The summed E-state index contributed by atoms with van der Waals surface area (Å²) in [6.45, 7) is 0.232. The minimum absolute atomic E-state index is 0.0609. The van der Waals surface area contributed by atoms with Gasteiger partial charge in [-0.1, -0.05) is 0 Å². The molecule has 0 fully saturated rings. The lowest BCUT2D eigenvalue weighted by Crippen LogP contribution is -2.11. The van der Waals surface area contributed by atoms with Gasteiger partial charge < -0.3 is 15.3 Å². The third-order valence-corrected chi connectivity index (χ3v) is 4.09. The van der Waals surface area contributed by atoms with E-state index in [1.807, 2.05) is 0 Å². The van der Waals surface area contributed by atoms with Gasteiger partial charge >= 0.3 is 0 Å². The summed E-state index contributed by atoms with van der Waals surface area (Å²) in [5.41, 5.74) is 1.84. The van der Waals surface area contributed by atoms with Gasteiger partial charge in [0.2, 0.25) is 0 Å². The number of aliphatic hydroxyl groups excluding tert-OH is 3. The Kier molecular flexibility index (Phi) is 6.35. The van der Waals surface area contributed by atoms with Gasteiger partial charge in [-0.05, 0) is 22.8 Å². The van der Waals surface area contributed by atoms with Gasteiger partial charge in [-0.25, -0.2) is 4.40 Å². The number of hydrogen-bond acceptors (Lipinski definition) is 6. The van der Waals surface area contributed by atoms with Crippen LogP contribution < -0.4 is 0 Å². The zero-order valence-electron chi connectivity index (χ0n) is 8.35. The van der Waals surface area contributed by atoms with Crippen LogP contribution in [0.5, 0.6) is 0 Å². The normalized spacial score (nSPS) is 16.9. The van der Waals surface area contributed by atoms with Gasteiger partial charge in [-0.15, -0.1) is 0 Å². The molecule has 0 aromatic carbocycles. The minimum Gasteiger partial charge on any atom is -0.396 e. The maximum Gasteiger partial charge on any atom is 0.0560 e. The van der Waals surface area contributed by atoms with Gasteiger partial charge in [0.1, 0.15) is 0 Å². The van der Waals surface area contributed by atoms with Crippen LogP contribution in [0, 0.1) is 0 Å². The van der Waals surface area contributed by atoms with Crippen molar-refractivity contribution in [3.8, 4) is 0 Å². The Labute approximate surface area is 97.0 Å². The highest BCUT2D eigenvalue weighted by molar-refractivity contribution is 8.77. The number of hydrogen-bond donors (Lipinski definition) is 3. The smallest absolute Gasteiger partial charge is 0.0560 e. The Hall–Kier alpha value is -0.0100. The molecule has 1 rings (SSSR count). The molecule has 3 N–H and O–H groups in total. The van der Waals surface area contributed by atoms with Crippen LogP contribution in [-0.4, -0.2) is 40.9 Å². The van der Waals surface area contributed by atoms with E-state index in [1.54, 1.807) is 0 Å². The second-order valence-corrected chi connectivity index (χ2v) is 4.96. The lowest BCUT2D eigenvalue weighted by molar-refractivity contribution is 0.294. The van der Waals surface area contributed by atoms with Crippen molar-refractivity contribution in [2.75, 3.05) is 19.8 Å². The van der Waals surface area contributed by atoms with Crippen LogP contribution >= 0.6 is 21.8 Å². The molecule has 0 saturated carbocycles. The summed E-state index contributed by atoms with van der Waals surface area (Å²) in [5.74, 6) is 0. The van der Waals surface area contributed by atoms with Crippen LogP contribution in [0.1, 0.15) is 19.3 Å². The third kappa shape index (κ3) is 3.81. The number of aliphatic hydroxyl groups is 3. The zero-order valence-corrected chi connectivity index (χ0v) is 9.98. The van der Waals surface area contributed by atoms with E-state index >= 15 is 0 Å². The Morgan fingerprint density at radius 3 is 2.20 bits per heavy atom. The minimum atomic E-state index is 0.0609. The molecule has 0 aliphatic carbocycles. The highest BCUT2D eigenvalue weighted by Crippen LogP contribution is 2.41. The van der Waals surface area contributed by atoms with Gasteiger partial charge in [-0.3, -0.25) is 0 Å². The lowest BCUT2D eigenvalue weighted by Gasteiger charge is -2.18. The molecule has 6 heteroatoms.